The minimum absolute atomic E-state index is 0.0321. The Kier molecular flexibility index (Phi) is 6.04. The zero-order chi connectivity index (χ0) is 18.5. The van der Waals surface area contributed by atoms with Gasteiger partial charge in [0.1, 0.15) is 0 Å². The Labute approximate surface area is 161 Å². The zero-order valence-electron chi connectivity index (χ0n) is 14.8. The Bertz CT molecular complexity index is 893. The Balaban J connectivity index is 1.89. The normalized spacial score (nSPS) is 11.9. The standard InChI is InChI=1S/C21H21NO2S2/c1-15-11-20(26-13-15)19(7-9-22(2)12-21(23)24)17-5-3-16(4-6-17)18-8-10-25-14-18/h3-8,10-11,13-14H,9,12H2,1-2H3,(H,23,24)/b19-7-. The highest BCUT2D eigenvalue weighted by Gasteiger charge is 2.10. The van der Waals surface area contributed by atoms with E-state index in [-0.39, 0.29) is 6.54 Å². The number of nitrogens with zero attached hydrogens (tertiary/aromatic N) is 1. The van der Waals surface area contributed by atoms with E-state index in [0.29, 0.717) is 6.54 Å². The number of carbonyl (C=O) groups is 1. The van der Waals surface area contributed by atoms with Crippen LogP contribution in [0.15, 0.2) is 58.6 Å². The molecule has 1 N–H and O–H groups in total. The third kappa shape index (κ3) is 4.69. The van der Waals surface area contributed by atoms with E-state index in [0.717, 1.165) is 11.1 Å². The molecule has 0 aliphatic carbocycles. The van der Waals surface area contributed by atoms with Crippen LogP contribution < -0.4 is 0 Å². The van der Waals surface area contributed by atoms with Crippen molar-refractivity contribution in [3.8, 4) is 11.1 Å². The lowest BCUT2D eigenvalue weighted by atomic mass is 10.00. The van der Waals surface area contributed by atoms with Gasteiger partial charge in [0.2, 0.25) is 0 Å². The lowest BCUT2D eigenvalue weighted by Crippen LogP contribution is -2.25. The van der Waals surface area contributed by atoms with Crippen molar-refractivity contribution in [2.45, 2.75) is 6.92 Å². The summed E-state index contributed by atoms with van der Waals surface area (Å²) < 4.78 is 0. The summed E-state index contributed by atoms with van der Waals surface area (Å²) in [5.41, 5.74) is 5.98. The molecule has 0 aliphatic rings. The van der Waals surface area contributed by atoms with Crippen LogP contribution in [0.2, 0.25) is 0 Å². The Morgan fingerprint density at radius 3 is 2.50 bits per heavy atom. The molecule has 0 fully saturated rings. The van der Waals surface area contributed by atoms with Crippen LogP contribution in [0.1, 0.15) is 16.0 Å². The first-order chi connectivity index (χ1) is 12.5. The van der Waals surface area contributed by atoms with E-state index < -0.39 is 5.97 Å². The van der Waals surface area contributed by atoms with Gasteiger partial charge in [0, 0.05) is 11.4 Å². The lowest BCUT2D eigenvalue weighted by molar-refractivity contribution is -0.137. The summed E-state index contributed by atoms with van der Waals surface area (Å²) in [6.07, 6.45) is 2.12. The largest absolute Gasteiger partial charge is 0.480 e. The Morgan fingerprint density at radius 2 is 1.92 bits per heavy atom. The lowest BCUT2D eigenvalue weighted by Gasteiger charge is -2.13. The van der Waals surface area contributed by atoms with Gasteiger partial charge in [-0.1, -0.05) is 30.3 Å². The van der Waals surface area contributed by atoms with Gasteiger partial charge in [0.25, 0.3) is 0 Å². The molecule has 3 nitrogen and oxygen atoms in total. The maximum atomic E-state index is 10.9. The Hall–Kier alpha value is -2.21. The number of thiophene rings is 2. The van der Waals surface area contributed by atoms with Gasteiger partial charge in [-0.2, -0.15) is 11.3 Å². The van der Waals surface area contributed by atoms with Crippen molar-refractivity contribution in [1.29, 1.82) is 0 Å². The molecule has 5 heteroatoms. The van der Waals surface area contributed by atoms with Crippen molar-refractivity contribution in [3.05, 3.63) is 74.6 Å². The van der Waals surface area contributed by atoms with Crippen molar-refractivity contribution in [2.24, 2.45) is 0 Å². The van der Waals surface area contributed by atoms with E-state index in [4.69, 9.17) is 5.11 Å². The number of hydrogen-bond acceptors (Lipinski definition) is 4. The summed E-state index contributed by atoms with van der Waals surface area (Å²) in [5, 5.41) is 15.3. The monoisotopic (exact) mass is 383 g/mol. The zero-order valence-corrected chi connectivity index (χ0v) is 16.4. The molecule has 1 aromatic carbocycles. The predicted molar refractivity (Wildman–Crippen MR) is 111 cm³/mol. The minimum atomic E-state index is -0.811. The SMILES string of the molecule is Cc1csc(/C(=C\CN(C)CC(=O)O)c2ccc(-c3ccsc3)cc2)c1. The molecule has 0 atom stereocenters. The van der Waals surface area contributed by atoms with Crippen LogP contribution in [0.5, 0.6) is 0 Å². The van der Waals surface area contributed by atoms with Crippen LogP contribution in [-0.4, -0.2) is 36.1 Å². The van der Waals surface area contributed by atoms with E-state index in [9.17, 15) is 4.79 Å². The molecular formula is C21H21NO2S2. The van der Waals surface area contributed by atoms with Crippen molar-refractivity contribution in [3.63, 3.8) is 0 Å². The van der Waals surface area contributed by atoms with E-state index in [1.807, 2.05) is 7.05 Å². The molecule has 3 rings (SSSR count). The molecule has 0 saturated carbocycles. The molecule has 3 aromatic rings. The molecule has 2 heterocycles. The van der Waals surface area contributed by atoms with Gasteiger partial charge in [-0.3, -0.25) is 9.69 Å². The number of hydrogen-bond donors (Lipinski definition) is 1. The van der Waals surface area contributed by atoms with Gasteiger partial charge in [-0.25, -0.2) is 0 Å². The number of carboxylic acid groups (broad SMARTS) is 1. The van der Waals surface area contributed by atoms with Gasteiger partial charge in [0.05, 0.1) is 6.54 Å². The Morgan fingerprint density at radius 1 is 1.15 bits per heavy atom. The van der Waals surface area contributed by atoms with Crippen LogP contribution in [0.4, 0.5) is 0 Å². The third-order valence-corrected chi connectivity index (χ3v) is 5.82. The fourth-order valence-electron chi connectivity index (χ4n) is 2.75. The predicted octanol–water partition coefficient (Wildman–Crippen LogP) is 5.23. The first-order valence-corrected chi connectivity index (χ1v) is 10.1. The first-order valence-electron chi connectivity index (χ1n) is 8.32. The number of aryl methyl sites for hydroxylation is 1. The average molecular weight is 384 g/mol. The molecule has 0 amide bonds. The number of carboxylic acids is 1. The molecule has 0 saturated heterocycles. The van der Waals surface area contributed by atoms with Gasteiger partial charge in [-0.15, -0.1) is 11.3 Å². The first kappa shape index (κ1) is 18.6. The maximum Gasteiger partial charge on any atom is 0.317 e. The highest BCUT2D eigenvalue weighted by Crippen LogP contribution is 2.31. The van der Waals surface area contributed by atoms with Crippen molar-refractivity contribution in [1.82, 2.24) is 4.90 Å². The van der Waals surface area contributed by atoms with Crippen LogP contribution in [0.3, 0.4) is 0 Å². The summed E-state index contributed by atoms with van der Waals surface area (Å²) in [4.78, 5) is 13.9. The second-order valence-corrected chi connectivity index (χ2v) is 7.98. The fourth-order valence-corrected chi connectivity index (χ4v) is 4.37. The van der Waals surface area contributed by atoms with Gasteiger partial charge >= 0.3 is 5.97 Å². The van der Waals surface area contributed by atoms with E-state index >= 15 is 0 Å². The number of rotatable bonds is 7. The molecule has 134 valence electrons. The average Bonchev–Trinajstić information content (AvgIpc) is 3.27. The molecule has 0 radical (unpaired) electrons. The van der Waals surface area contributed by atoms with Crippen LogP contribution in [0, 0.1) is 6.92 Å². The number of aliphatic carboxylic acids is 1. The van der Waals surface area contributed by atoms with Gasteiger partial charge in [0.15, 0.2) is 0 Å². The third-order valence-electron chi connectivity index (χ3n) is 4.06. The van der Waals surface area contributed by atoms with Crippen molar-refractivity contribution >= 4 is 34.2 Å². The van der Waals surface area contributed by atoms with Crippen molar-refractivity contribution in [2.75, 3.05) is 20.1 Å². The smallest absolute Gasteiger partial charge is 0.317 e. The summed E-state index contributed by atoms with van der Waals surface area (Å²) >= 11 is 3.42. The molecule has 2 aromatic heterocycles. The molecule has 0 unspecified atom stereocenters. The summed E-state index contributed by atoms with van der Waals surface area (Å²) in [5.74, 6) is -0.811. The van der Waals surface area contributed by atoms with Crippen LogP contribution >= 0.6 is 22.7 Å². The van der Waals surface area contributed by atoms with Crippen LogP contribution in [0.25, 0.3) is 16.7 Å². The molecule has 0 spiro atoms. The number of likely N-dealkylation sites (N-methyl/N-ethyl adjacent to an activating group) is 1. The van der Waals surface area contributed by atoms with Crippen LogP contribution in [-0.2, 0) is 4.79 Å². The minimum Gasteiger partial charge on any atom is -0.480 e. The van der Waals surface area contributed by atoms with E-state index in [2.05, 4.69) is 65.5 Å². The van der Waals surface area contributed by atoms with Gasteiger partial charge < -0.3 is 5.11 Å². The molecule has 26 heavy (non-hydrogen) atoms. The highest BCUT2D eigenvalue weighted by atomic mass is 32.1. The maximum absolute atomic E-state index is 10.9. The highest BCUT2D eigenvalue weighted by molar-refractivity contribution is 7.11. The summed E-state index contributed by atoms with van der Waals surface area (Å²) in [7, 11) is 1.82. The second-order valence-electron chi connectivity index (χ2n) is 6.29. The van der Waals surface area contributed by atoms with E-state index in [1.54, 1.807) is 27.6 Å². The molecule has 0 bridgehead atoms. The summed E-state index contributed by atoms with van der Waals surface area (Å²) in [6.45, 7) is 2.71. The summed E-state index contributed by atoms with van der Waals surface area (Å²) in [6, 6.07) is 12.9. The number of benzene rings is 1. The molecule has 0 aliphatic heterocycles. The molecular weight excluding hydrogens is 362 g/mol. The quantitative estimate of drug-likeness (QED) is 0.607. The second kappa shape index (κ2) is 8.45. The van der Waals surface area contributed by atoms with Gasteiger partial charge in [-0.05, 0) is 70.1 Å². The van der Waals surface area contributed by atoms with Crippen molar-refractivity contribution < 1.29 is 9.90 Å². The van der Waals surface area contributed by atoms with E-state index in [1.165, 1.54) is 21.6 Å². The topological polar surface area (TPSA) is 40.5 Å². The fraction of sp³-hybridized carbons (Fsp3) is 0.190.